The first kappa shape index (κ1) is 79.6. The van der Waals surface area contributed by atoms with Gasteiger partial charge in [0.15, 0.2) is 140 Å². The molecule has 0 radical (unpaired) electrons. The molecule has 4 aliphatic rings. The normalized spacial score (nSPS) is 12.5. The van der Waals surface area contributed by atoms with Crippen molar-refractivity contribution in [1.82, 2.24) is 29.9 Å². The lowest BCUT2D eigenvalue weighted by Gasteiger charge is -2.15. The molecule has 36 heteroatoms. The van der Waals surface area contributed by atoms with Crippen molar-refractivity contribution in [3.8, 4) is 66.8 Å². The average Bonchev–Trinajstić information content (AvgIpc) is 1.57. The summed E-state index contributed by atoms with van der Waals surface area (Å²) < 4.78 is 494. The van der Waals surface area contributed by atoms with E-state index in [4.69, 9.17) is 0 Å². The van der Waals surface area contributed by atoms with Crippen LogP contribution in [0.25, 0.3) is 136 Å². The molecule has 4 aliphatic heterocycles. The molecule has 3 aromatic heterocycles. The lowest BCUT2D eigenvalue weighted by Crippen LogP contribution is -2.07. The number of hydrogen-bond donors (Lipinski definition) is 2. The predicted octanol–water partition coefficient (Wildman–Crippen LogP) is 25.1. The highest BCUT2D eigenvalue weighted by Crippen LogP contribution is 2.53. The van der Waals surface area contributed by atoms with Crippen molar-refractivity contribution in [2.24, 2.45) is 0 Å². The smallest absolute Gasteiger partial charge is 0.200 e. The number of H-pyrrole nitrogens is 2. The van der Waals surface area contributed by atoms with Crippen molar-refractivity contribution in [2.75, 3.05) is 0 Å². The molecule has 0 amide bonds. The number of halogens is 30. The molecule has 12 aromatic rings. The maximum absolute atomic E-state index is 17.5. The van der Waals surface area contributed by atoms with Crippen LogP contribution in [0.2, 0.25) is 0 Å². The third-order valence-corrected chi connectivity index (χ3v) is 19.4. The Hall–Kier alpha value is -14.2. The standard InChI is InChI=1S/C84H26F30N6/c85-52-46(53(86)65(98)76(109)64(52)97)40-29-16-17-33(115-29)42(48-56(89)68(101)78(111)69(102)57(48)90)37-24-28(25-10-4-1-5-11-25)82(119-37)43(49-58(91)70(103)79(112)71(104)59(49)92)34-21-18-30(116-34)41(47-54(87)66(99)77(110)67(100)55(47)88)32-20-23-36(118-32)45(51-62(95)74(107)81(114)75(108)63(51)96)84-39(27-14-8-3-9-15-27)38(26-12-6-2-7-13-26)83(120-84)44(35-22-19-31(40)117-35)50-60(93)72(105)80(113)73(106)61(50)94/h1-24,116-117H. The highest BCUT2D eigenvalue weighted by Gasteiger charge is 2.42. The molecule has 0 atom stereocenters. The van der Waals surface area contributed by atoms with Gasteiger partial charge in [-0.25, -0.2) is 152 Å². The molecule has 602 valence electrons. The molecule has 0 fully saturated rings. The third kappa shape index (κ3) is 12.0. The van der Waals surface area contributed by atoms with E-state index < -0.39 is 342 Å². The molecule has 2 N–H and O–H groups in total. The number of rotatable bonds is 9. The lowest BCUT2D eigenvalue weighted by atomic mass is 9.87. The van der Waals surface area contributed by atoms with Crippen LogP contribution in [0, 0.1) is 175 Å². The highest BCUT2D eigenvalue weighted by molar-refractivity contribution is 6.13. The maximum atomic E-state index is 17.5. The fourth-order valence-electron chi connectivity index (χ4n) is 14.1. The van der Waals surface area contributed by atoms with Crippen LogP contribution < -0.4 is 0 Å². The van der Waals surface area contributed by atoms with E-state index in [1.807, 2.05) is 0 Å². The fraction of sp³-hybridized carbons (Fsp3) is 0. The molecule has 6 nitrogen and oxygen atoms in total. The molecular formula is C84H26F30N6. The summed E-state index contributed by atoms with van der Waals surface area (Å²) in [5.41, 5.74) is -43.7. The zero-order valence-electron chi connectivity index (χ0n) is 58.0. The van der Waals surface area contributed by atoms with E-state index in [1.54, 1.807) is 0 Å². The maximum Gasteiger partial charge on any atom is 0.200 e. The second-order valence-corrected chi connectivity index (χ2v) is 26.0. The van der Waals surface area contributed by atoms with Gasteiger partial charge in [0.05, 0.1) is 78.9 Å². The number of nitrogens with zero attached hydrogens (tertiary/aromatic N) is 4. The number of nitrogens with one attached hydrogen (secondary N) is 2. The lowest BCUT2D eigenvalue weighted by molar-refractivity contribution is 0.381. The van der Waals surface area contributed by atoms with Gasteiger partial charge in [-0.3, -0.25) is 0 Å². The molecule has 16 rings (SSSR count). The van der Waals surface area contributed by atoms with E-state index in [9.17, 15) is 0 Å². The van der Waals surface area contributed by atoms with Crippen LogP contribution >= 0.6 is 0 Å². The Bertz CT molecular complexity index is 6960. The Balaban J connectivity index is 1.27. The highest BCUT2D eigenvalue weighted by atomic mass is 19.2. The molecule has 0 aliphatic carbocycles. The quantitative estimate of drug-likeness (QED) is 0.0857. The summed E-state index contributed by atoms with van der Waals surface area (Å²) in [5, 5.41) is 0. The second-order valence-electron chi connectivity index (χ2n) is 26.0. The minimum absolute atomic E-state index is 0.375. The van der Waals surface area contributed by atoms with Crippen molar-refractivity contribution in [3.63, 3.8) is 0 Å². The van der Waals surface area contributed by atoms with Crippen LogP contribution in [0.3, 0.4) is 0 Å². The van der Waals surface area contributed by atoms with Crippen molar-refractivity contribution in [2.45, 2.75) is 0 Å². The van der Waals surface area contributed by atoms with Gasteiger partial charge < -0.3 is 9.97 Å². The number of benzene rings is 9. The molecule has 120 heavy (non-hydrogen) atoms. The Morgan fingerprint density at radius 2 is 0.383 bits per heavy atom. The van der Waals surface area contributed by atoms with Crippen LogP contribution in [0.15, 0.2) is 115 Å². The average molecular weight is 1690 g/mol. The van der Waals surface area contributed by atoms with Crippen LogP contribution in [-0.4, -0.2) is 29.9 Å². The SMILES string of the molecule is Fc1c(F)c(F)c(-c2c3nc(c(-c4c(F)c(F)c(F)c(F)c4F)c4ccc([nH]4)c(-c4c(F)c(F)c(F)c(F)c4F)c4nc(c(-c5c(F)c(F)c(F)c(F)c5F)c5nc(c(-c6c(F)c(F)c(F)c(F)c6F)c6ccc([nH]6)c(-c6c(F)c(F)c(F)c(F)c6F)c6nc2C=C6c2ccccc2)C=C5)C(c2ccccc2)=C4c2ccccc2)C=C3)c(F)c1F. The fourth-order valence-corrected chi connectivity index (χ4v) is 14.1. The van der Waals surface area contributed by atoms with E-state index in [0.717, 1.165) is 72.8 Å². The largest absolute Gasteiger partial charge is 0.354 e. The third-order valence-electron chi connectivity index (χ3n) is 19.4. The summed E-state index contributed by atoms with van der Waals surface area (Å²) in [6.07, 6.45) is 2.01. The summed E-state index contributed by atoms with van der Waals surface area (Å²) in [6.45, 7) is 0. The number of hydrogen-bond acceptors (Lipinski definition) is 4. The van der Waals surface area contributed by atoms with Gasteiger partial charge in [-0.1, -0.05) is 91.0 Å². The topological polar surface area (TPSA) is 83.1 Å². The Morgan fingerprint density at radius 1 is 0.167 bits per heavy atom. The van der Waals surface area contributed by atoms with Crippen LogP contribution in [0.5, 0.6) is 0 Å². The van der Waals surface area contributed by atoms with E-state index in [2.05, 4.69) is 29.9 Å². The van der Waals surface area contributed by atoms with Crippen LogP contribution in [0.4, 0.5) is 132 Å². The molecule has 12 bridgehead atoms. The summed E-state index contributed by atoms with van der Waals surface area (Å²) in [7, 11) is 0. The van der Waals surface area contributed by atoms with Gasteiger partial charge in [-0.2, -0.15) is 0 Å². The van der Waals surface area contributed by atoms with E-state index >= 15 is 132 Å². The molecular weight excluding hydrogens is 1660 g/mol. The van der Waals surface area contributed by atoms with Gasteiger partial charge in [0.25, 0.3) is 0 Å². The monoisotopic (exact) mass is 1690 g/mol. The minimum Gasteiger partial charge on any atom is -0.354 e. The first-order valence-corrected chi connectivity index (χ1v) is 33.7. The van der Waals surface area contributed by atoms with Crippen LogP contribution in [0.1, 0.15) is 62.2 Å². The molecule has 0 saturated heterocycles. The van der Waals surface area contributed by atoms with Crippen molar-refractivity contribution in [1.29, 1.82) is 0 Å². The van der Waals surface area contributed by atoms with E-state index in [1.165, 1.54) is 18.2 Å². The first-order valence-electron chi connectivity index (χ1n) is 33.7. The number of aromatic amines is 2. The molecule has 0 spiro atoms. The summed E-state index contributed by atoms with van der Waals surface area (Å²) in [4.78, 5) is 21.4. The van der Waals surface area contributed by atoms with Crippen LogP contribution in [-0.2, 0) is 0 Å². The van der Waals surface area contributed by atoms with Gasteiger partial charge in [0, 0.05) is 72.2 Å². The Morgan fingerprint density at radius 3 is 0.683 bits per heavy atom. The Labute approximate surface area is 647 Å². The molecule has 7 heterocycles. The van der Waals surface area contributed by atoms with Crippen molar-refractivity contribution in [3.05, 3.63) is 352 Å². The zero-order chi connectivity index (χ0) is 85.9. The summed E-state index contributed by atoms with van der Waals surface area (Å²) in [5.74, 6) is -86.9. The van der Waals surface area contributed by atoms with E-state index in [0.29, 0.717) is 54.6 Å². The molecule has 0 unspecified atom stereocenters. The molecule has 9 aromatic carbocycles. The van der Waals surface area contributed by atoms with E-state index in [-0.39, 0.29) is 0 Å². The number of fused-ring (bicyclic) bond motifs is 12. The van der Waals surface area contributed by atoms with Gasteiger partial charge in [0.2, 0.25) is 34.9 Å². The molecule has 0 saturated carbocycles. The van der Waals surface area contributed by atoms with Gasteiger partial charge in [0.1, 0.15) is 0 Å². The second kappa shape index (κ2) is 29.4. The summed E-state index contributed by atoms with van der Waals surface area (Å²) >= 11 is 0. The van der Waals surface area contributed by atoms with Gasteiger partial charge in [-0.05, 0) is 71.3 Å². The van der Waals surface area contributed by atoms with Gasteiger partial charge in [-0.15, -0.1) is 0 Å². The van der Waals surface area contributed by atoms with Crippen molar-refractivity contribution < 1.29 is 132 Å². The summed E-state index contributed by atoms with van der Waals surface area (Å²) in [6, 6.07) is 18.3. The van der Waals surface area contributed by atoms with Gasteiger partial charge >= 0.3 is 0 Å². The zero-order valence-corrected chi connectivity index (χ0v) is 58.0. The predicted molar refractivity (Wildman–Crippen MR) is 372 cm³/mol. The number of aromatic nitrogens is 6. The van der Waals surface area contributed by atoms with Crippen molar-refractivity contribution >= 4 is 69.2 Å². The Kier molecular flexibility index (Phi) is 19.5. The first-order chi connectivity index (χ1) is 57.1. The minimum atomic E-state index is -2.95.